The lowest BCUT2D eigenvalue weighted by Gasteiger charge is -2.50. The van der Waals surface area contributed by atoms with E-state index < -0.39 is 6.10 Å². The van der Waals surface area contributed by atoms with E-state index in [2.05, 4.69) is 13.8 Å². The molecule has 0 radical (unpaired) electrons. The van der Waals surface area contributed by atoms with E-state index in [4.69, 9.17) is 10.5 Å². The number of nitrogens with two attached hydrogens (primary N) is 1. The highest BCUT2D eigenvalue weighted by Gasteiger charge is 2.46. The second-order valence-corrected chi connectivity index (χ2v) is 5.36. The fourth-order valence-corrected chi connectivity index (χ4v) is 2.17. The van der Waals surface area contributed by atoms with Crippen LogP contribution in [0.15, 0.2) is 0 Å². The number of rotatable bonds is 5. The molecule has 0 aliphatic heterocycles. The minimum Gasteiger partial charge on any atom is -0.391 e. The lowest BCUT2D eigenvalue weighted by molar-refractivity contribution is -0.180. The molecule has 1 fully saturated rings. The molecular weight excluding hydrogens is 190 g/mol. The predicted octanol–water partition coefficient (Wildman–Crippen LogP) is 1.54. The Kier molecular flexibility index (Phi) is 4.15. The van der Waals surface area contributed by atoms with Crippen molar-refractivity contribution in [1.82, 2.24) is 0 Å². The Balaban J connectivity index is 2.45. The van der Waals surface area contributed by atoms with Crippen LogP contribution in [0.4, 0.5) is 0 Å². The summed E-state index contributed by atoms with van der Waals surface area (Å²) in [5.74, 6) is 1.44. The summed E-state index contributed by atoms with van der Waals surface area (Å²) in [5.41, 5.74) is 5.61. The Bertz CT molecular complexity index is 198. The second-order valence-electron chi connectivity index (χ2n) is 5.36. The maximum Gasteiger partial charge on any atom is 0.0814 e. The van der Waals surface area contributed by atoms with E-state index in [9.17, 15) is 5.11 Å². The molecule has 2 unspecified atom stereocenters. The lowest BCUT2D eigenvalue weighted by atomic mass is 9.66. The van der Waals surface area contributed by atoms with Crippen molar-refractivity contribution >= 4 is 0 Å². The number of aliphatic hydroxyl groups excluding tert-OH is 1. The van der Waals surface area contributed by atoms with E-state index >= 15 is 0 Å². The van der Waals surface area contributed by atoms with Crippen LogP contribution in [-0.2, 0) is 4.74 Å². The van der Waals surface area contributed by atoms with Gasteiger partial charge in [-0.05, 0) is 38.5 Å². The van der Waals surface area contributed by atoms with Crippen LogP contribution >= 0.6 is 0 Å². The monoisotopic (exact) mass is 215 g/mol. The highest BCUT2D eigenvalue weighted by atomic mass is 16.5. The van der Waals surface area contributed by atoms with E-state index in [0.29, 0.717) is 12.5 Å². The van der Waals surface area contributed by atoms with Gasteiger partial charge in [0.05, 0.1) is 17.8 Å². The quantitative estimate of drug-likeness (QED) is 0.731. The van der Waals surface area contributed by atoms with Crippen molar-refractivity contribution in [2.75, 3.05) is 6.54 Å². The molecule has 3 nitrogen and oxygen atoms in total. The van der Waals surface area contributed by atoms with Gasteiger partial charge in [-0.2, -0.15) is 0 Å². The summed E-state index contributed by atoms with van der Waals surface area (Å²) in [4.78, 5) is 0. The lowest BCUT2D eigenvalue weighted by Crippen LogP contribution is -2.55. The summed E-state index contributed by atoms with van der Waals surface area (Å²) in [6.45, 7) is 8.71. The van der Waals surface area contributed by atoms with Crippen LogP contribution in [0, 0.1) is 11.8 Å². The van der Waals surface area contributed by atoms with Crippen LogP contribution in [0.5, 0.6) is 0 Å². The largest absolute Gasteiger partial charge is 0.391 e. The fraction of sp³-hybridized carbons (Fsp3) is 1.00. The van der Waals surface area contributed by atoms with Crippen molar-refractivity contribution in [3.05, 3.63) is 0 Å². The first-order chi connectivity index (χ1) is 6.90. The zero-order chi connectivity index (χ0) is 11.6. The molecule has 3 N–H and O–H groups in total. The molecule has 3 heteroatoms. The van der Waals surface area contributed by atoms with E-state index in [1.807, 2.05) is 6.92 Å². The molecule has 0 heterocycles. The van der Waals surface area contributed by atoms with Crippen LogP contribution < -0.4 is 5.73 Å². The Morgan fingerprint density at radius 1 is 1.33 bits per heavy atom. The maximum absolute atomic E-state index is 9.41. The molecular formula is C12H25NO2. The Morgan fingerprint density at radius 3 is 2.20 bits per heavy atom. The summed E-state index contributed by atoms with van der Waals surface area (Å²) in [6, 6.07) is 0. The van der Waals surface area contributed by atoms with Crippen molar-refractivity contribution in [2.45, 2.75) is 58.3 Å². The normalized spacial score (nSPS) is 35.0. The van der Waals surface area contributed by atoms with E-state index in [0.717, 1.165) is 18.8 Å². The molecule has 1 aliphatic carbocycles. The van der Waals surface area contributed by atoms with E-state index in [-0.39, 0.29) is 11.7 Å². The van der Waals surface area contributed by atoms with Gasteiger partial charge in [-0.1, -0.05) is 13.8 Å². The molecule has 0 aromatic carbocycles. The summed E-state index contributed by atoms with van der Waals surface area (Å²) < 4.78 is 5.89. The second kappa shape index (κ2) is 4.81. The Hall–Kier alpha value is -0.120. The summed E-state index contributed by atoms with van der Waals surface area (Å²) in [7, 11) is 0. The average Bonchev–Trinajstić information content (AvgIpc) is 2.09. The highest BCUT2D eigenvalue weighted by Crippen LogP contribution is 2.44. The molecule has 0 aromatic rings. The Labute approximate surface area is 93.0 Å². The molecule has 90 valence electrons. The van der Waals surface area contributed by atoms with Crippen LogP contribution in [0.2, 0.25) is 0 Å². The standard InChI is InChI=1S/C12H25NO2/c1-8(2)11-5-12(6-11,7-13)15-10(4)9(3)14/h8-11,14H,5-7,13H2,1-4H3. The molecule has 0 amide bonds. The zero-order valence-corrected chi connectivity index (χ0v) is 10.4. The molecule has 0 aromatic heterocycles. The van der Waals surface area contributed by atoms with Gasteiger partial charge in [0.15, 0.2) is 0 Å². The SMILES string of the molecule is CC(C)C1CC(CN)(OC(C)C(C)O)C1. The third-order valence-corrected chi connectivity index (χ3v) is 3.70. The van der Waals surface area contributed by atoms with Gasteiger partial charge >= 0.3 is 0 Å². The molecule has 1 aliphatic rings. The molecule has 0 bridgehead atoms. The summed E-state index contributed by atoms with van der Waals surface area (Å²) in [6.07, 6.45) is 1.53. The zero-order valence-electron chi connectivity index (χ0n) is 10.4. The van der Waals surface area contributed by atoms with Crippen molar-refractivity contribution < 1.29 is 9.84 Å². The summed E-state index contributed by atoms with van der Waals surface area (Å²) >= 11 is 0. The average molecular weight is 215 g/mol. The van der Waals surface area contributed by atoms with E-state index in [1.54, 1.807) is 6.92 Å². The number of aliphatic hydroxyl groups is 1. The van der Waals surface area contributed by atoms with Crippen molar-refractivity contribution in [1.29, 1.82) is 0 Å². The third kappa shape index (κ3) is 2.92. The number of hydrogen-bond acceptors (Lipinski definition) is 3. The molecule has 1 saturated carbocycles. The minimum absolute atomic E-state index is 0.123. The first-order valence-electron chi connectivity index (χ1n) is 5.96. The third-order valence-electron chi connectivity index (χ3n) is 3.70. The fourth-order valence-electron chi connectivity index (χ4n) is 2.17. The van der Waals surface area contributed by atoms with Crippen molar-refractivity contribution in [3.63, 3.8) is 0 Å². The molecule has 0 saturated heterocycles. The smallest absolute Gasteiger partial charge is 0.0814 e. The van der Waals surface area contributed by atoms with Crippen LogP contribution in [0.1, 0.15) is 40.5 Å². The highest BCUT2D eigenvalue weighted by molar-refractivity contribution is 4.98. The molecule has 0 spiro atoms. The maximum atomic E-state index is 9.41. The number of ether oxygens (including phenoxy) is 1. The number of hydrogen-bond donors (Lipinski definition) is 2. The van der Waals surface area contributed by atoms with Gasteiger partial charge in [0.25, 0.3) is 0 Å². The first kappa shape index (κ1) is 12.9. The van der Waals surface area contributed by atoms with Gasteiger partial charge in [0.1, 0.15) is 0 Å². The van der Waals surface area contributed by atoms with Gasteiger partial charge in [0, 0.05) is 6.54 Å². The van der Waals surface area contributed by atoms with Crippen LogP contribution in [0.3, 0.4) is 0 Å². The minimum atomic E-state index is -0.425. The van der Waals surface area contributed by atoms with Gasteiger partial charge in [0.2, 0.25) is 0 Å². The first-order valence-corrected chi connectivity index (χ1v) is 5.96. The molecule has 2 atom stereocenters. The van der Waals surface area contributed by atoms with Crippen LogP contribution in [-0.4, -0.2) is 29.5 Å². The Morgan fingerprint density at radius 2 is 1.87 bits per heavy atom. The molecule has 15 heavy (non-hydrogen) atoms. The van der Waals surface area contributed by atoms with Gasteiger partial charge in [-0.15, -0.1) is 0 Å². The van der Waals surface area contributed by atoms with Gasteiger partial charge in [-0.25, -0.2) is 0 Å². The van der Waals surface area contributed by atoms with Crippen molar-refractivity contribution in [3.8, 4) is 0 Å². The predicted molar refractivity (Wildman–Crippen MR) is 61.6 cm³/mol. The van der Waals surface area contributed by atoms with Gasteiger partial charge in [-0.3, -0.25) is 0 Å². The van der Waals surface area contributed by atoms with Gasteiger partial charge < -0.3 is 15.6 Å². The van der Waals surface area contributed by atoms with Crippen LogP contribution in [0.25, 0.3) is 0 Å². The molecule has 1 rings (SSSR count). The van der Waals surface area contributed by atoms with Crippen molar-refractivity contribution in [2.24, 2.45) is 17.6 Å². The van der Waals surface area contributed by atoms with E-state index in [1.165, 1.54) is 0 Å². The topological polar surface area (TPSA) is 55.5 Å². The summed E-state index contributed by atoms with van der Waals surface area (Å²) in [5, 5.41) is 9.41.